The lowest BCUT2D eigenvalue weighted by atomic mass is 10.0. The molecule has 2 N–H and O–H groups in total. The van der Waals surface area contributed by atoms with Crippen molar-refractivity contribution in [2.24, 2.45) is 0 Å². The number of rotatable bonds is 7. The smallest absolute Gasteiger partial charge is 0.253 e. The molecule has 0 saturated carbocycles. The minimum Gasteiger partial charge on any atom is -0.493 e. The number of H-pyrrole nitrogens is 1. The Hall–Kier alpha value is -3.34. The van der Waals surface area contributed by atoms with E-state index in [1.807, 2.05) is 75.4 Å². The standard InChI is InChI=1S/C24H26N2O3/c1-16-13-18(3)26-24(28)22(16)15-25-23(27)21-10-9-19(14-17(21)2)11-12-29-20-7-5-4-6-8-20/h4-10,13-14H,11-12,15H2,1-3H3,(H,25,27)(H,26,28). The molecule has 0 aliphatic carbocycles. The number of carbonyl (C=O) groups excluding carboxylic acids is 1. The number of aromatic amines is 1. The maximum absolute atomic E-state index is 12.6. The number of benzene rings is 2. The zero-order valence-electron chi connectivity index (χ0n) is 17.0. The molecule has 3 rings (SSSR count). The number of ether oxygens (including phenoxy) is 1. The van der Waals surface area contributed by atoms with Crippen LogP contribution in [0.3, 0.4) is 0 Å². The van der Waals surface area contributed by atoms with Gasteiger partial charge in [-0.2, -0.15) is 0 Å². The highest BCUT2D eigenvalue weighted by Crippen LogP contribution is 2.14. The van der Waals surface area contributed by atoms with Gasteiger partial charge in [0.25, 0.3) is 11.5 Å². The molecule has 1 aromatic heterocycles. The summed E-state index contributed by atoms with van der Waals surface area (Å²) < 4.78 is 5.73. The molecule has 0 bridgehead atoms. The van der Waals surface area contributed by atoms with Gasteiger partial charge in [0, 0.05) is 29.8 Å². The average molecular weight is 390 g/mol. The van der Waals surface area contributed by atoms with Crippen LogP contribution < -0.4 is 15.6 Å². The Bertz CT molecular complexity index is 1060. The number of hydrogen-bond acceptors (Lipinski definition) is 3. The summed E-state index contributed by atoms with van der Waals surface area (Å²) in [6, 6.07) is 17.4. The molecule has 1 heterocycles. The fourth-order valence-corrected chi connectivity index (χ4v) is 3.30. The van der Waals surface area contributed by atoms with Crippen molar-refractivity contribution < 1.29 is 9.53 Å². The van der Waals surface area contributed by atoms with Crippen molar-refractivity contribution in [1.29, 1.82) is 0 Å². The monoisotopic (exact) mass is 390 g/mol. The molecule has 0 spiro atoms. The van der Waals surface area contributed by atoms with Crippen LogP contribution in [-0.2, 0) is 13.0 Å². The van der Waals surface area contributed by atoms with E-state index in [9.17, 15) is 9.59 Å². The van der Waals surface area contributed by atoms with E-state index in [0.29, 0.717) is 17.7 Å². The maximum Gasteiger partial charge on any atom is 0.253 e. The Balaban J connectivity index is 1.59. The van der Waals surface area contributed by atoms with E-state index < -0.39 is 0 Å². The first-order valence-corrected chi connectivity index (χ1v) is 9.69. The normalized spacial score (nSPS) is 10.6. The number of hydrogen-bond donors (Lipinski definition) is 2. The SMILES string of the molecule is Cc1cc(C)c(CNC(=O)c2ccc(CCOc3ccccc3)cc2C)c(=O)[nH]1. The van der Waals surface area contributed by atoms with E-state index in [-0.39, 0.29) is 18.0 Å². The van der Waals surface area contributed by atoms with Gasteiger partial charge in [0.15, 0.2) is 0 Å². The van der Waals surface area contributed by atoms with Gasteiger partial charge >= 0.3 is 0 Å². The number of carbonyl (C=O) groups is 1. The van der Waals surface area contributed by atoms with E-state index in [2.05, 4.69) is 10.3 Å². The highest BCUT2D eigenvalue weighted by atomic mass is 16.5. The number of pyridine rings is 1. The number of aromatic nitrogens is 1. The molecule has 1 amide bonds. The second kappa shape index (κ2) is 9.24. The molecular weight excluding hydrogens is 364 g/mol. The number of aryl methyl sites for hydroxylation is 3. The Kier molecular flexibility index (Phi) is 6.50. The summed E-state index contributed by atoms with van der Waals surface area (Å²) >= 11 is 0. The van der Waals surface area contributed by atoms with E-state index >= 15 is 0 Å². The minimum absolute atomic E-state index is 0.159. The van der Waals surface area contributed by atoms with E-state index in [1.165, 1.54) is 0 Å². The molecule has 29 heavy (non-hydrogen) atoms. The predicted molar refractivity (Wildman–Crippen MR) is 115 cm³/mol. The third-order valence-corrected chi connectivity index (χ3v) is 4.86. The first kappa shape index (κ1) is 20.4. The molecule has 0 saturated heterocycles. The molecule has 0 unspecified atom stereocenters. The quantitative estimate of drug-likeness (QED) is 0.644. The Morgan fingerprint density at radius 3 is 2.45 bits per heavy atom. The van der Waals surface area contributed by atoms with E-state index in [4.69, 9.17) is 4.74 Å². The number of amides is 1. The molecule has 3 aromatic rings. The van der Waals surface area contributed by atoms with Crippen molar-refractivity contribution in [3.8, 4) is 5.75 Å². The molecule has 2 aromatic carbocycles. The lowest BCUT2D eigenvalue weighted by Crippen LogP contribution is -2.28. The summed E-state index contributed by atoms with van der Waals surface area (Å²) in [5.74, 6) is 0.663. The van der Waals surface area contributed by atoms with Crippen LogP contribution >= 0.6 is 0 Å². The predicted octanol–water partition coefficient (Wildman–Crippen LogP) is 3.85. The van der Waals surface area contributed by atoms with Crippen LogP contribution in [0.15, 0.2) is 59.4 Å². The van der Waals surface area contributed by atoms with Crippen molar-refractivity contribution in [2.45, 2.75) is 33.7 Å². The second-order valence-corrected chi connectivity index (χ2v) is 7.19. The largest absolute Gasteiger partial charge is 0.493 e. The first-order chi connectivity index (χ1) is 13.9. The van der Waals surface area contributed by atoms with Gasteiger partial charge in [-0.3, -0.25) is 9.59 Å². The van der Waals surface area contributed by atoms with Gasteiger partial charge < -0.3 is 15.0 Å². The molecule has 5 nitrogen and oxygen atoms in total. The molecule has 5 heteroatoms. The van der Waals surface area contributed by atoms with Crippen molar-refractivity contribution in [2.75, 3.05) is 6.61 Å². The zero-order valence-corrected chi connectivity index (χ0v) is 17.0. The summed E-state index contributed by atoms with van der Waals surface area (Å²) in [4.78, 5) is 27.5. The molecule has 0 fully saturated rings. The van der Waals surface area contributed by atoms with Crippen molar-refractivity contribution >= 4 is 5.91 Å². The van der Waals surface area contributed by atoms with Gasteiger partial charge in [-0.05, 0) is 61.7 Å². The fourth-order valence-electron chi connectivity index (χ4n) is 3.30. The van der Waals surface area contributed by atoms with Crippen molar-refractivity contribution in [3.05, 3.63) is 98.5 Å². The van der Waals surface area contributed by atoms with Crippen LogP contribution in [0.5, 0.6) is 5.75 Å². The minimum atomic E-state index is -0.186. The van der Waals surface area contributed by atoms with Gasteiger partial charge in [-0.25, -0.2) is 0 Å². The van der Waals surface area contributed by atoms with Gasteiger partial charge in [-0.1, -0.05) is 30.3 Å². The lowest BCUT2D eigenvalue weighted by molar-refractivity contribution is 0.0950. The number of nitrogens with one attached hydrogen (secondary N) is 2. The van der Waals surface area contributed by atoms with Crippen molar-refractivity contribution in [1.82, 2.24) is 10.3 Å². The number of para-hydroxylation sites is 1. The molecule has 0 aliphatic heterocycles. The van der Waals surface area contributed by atoms with Gasteiger partial charge in [0.2, 0.25) is 0 Å². The molecule has 150 valence electrons. The highest BCUT2D eigenvalue weighted by Gasteiger charge is 2.12. The van der Waals surface area contributed by atoms with Crippen LogP contribution in [0.25, 0.3) is 0 Å². The highest BCUT2D eigenvalue weighted by molar-refractivity contribution is 5.95. The van der Waals surface area contributed by atoms with Crippen LogP contribution in [-0.4, -0.2) is 17.5 Å². The Morgan fingerprint density at radius 1 is 1.00 bits per heavy atom. The van der Waals surface area contributed by atoms with Gasteiger partial charge in [0.05, 0.1) is 6.61 Å². The summed E-state index contributed by atoms with van der Waals surface area (Å²) in [5.41, 5.74) is 4.72. The summed E-state index contributed by atoms with van der Waals surface area (Å²) in [6.45, 7) is 6.41. The Morgan fingerprint density at radius 2 is 1.76 bits per heavy atom. The van der Waals surface area contributed by atoms with E-state index in [1.54, 1.807) is 0 Å². The van der Waals surface area contributed by atoms with Gasteiger partial charge in [-0.15, -0.1) is 0 Å². The third-order valence-electron chi connectivity index (χ3n) is 4.86. The molecular formula is C24H26N2O3. The van der Waals surface area contributed by atoms with Crippen molar-refractivity contribution in [3.63, 3.8) is 0 Å². The van der Waals surface area contributed by atoms with E-state index in [0.717, 1.165) is 34.6 Å². The maximum atomic E-state index is 12.6. The summed E-state index contributed by atoms with van der Waals surface area (Å²) in [5, 5.41) is 2.86. The first-order valence-electron chi connectivity index (χ1n) is 9.69. The molecule has 0 atom stereocenters. The molecule has 0 radical (unpaired) electrons. The van der Waals surface area contributed by atoms with Crippen LogP contribution in [0.4, 0.5) is 0 Å². The average Bonchev–Trinajstić information content (AvgIpc) is 2.68. The fraction of sp³-hybridized carbons (Fsp3) is 0.250. The summed E-state index contributed by atoms with van der Waals surface area (Å²) in [7, 11) is 0. The van der Waals surface area contributed by atoms with Crippen LogP contribution in [0.2, 0.25) is 0 Å². The summed E-state index contributed by atoms with van der Waals surface area (Å²) in [6.07, 6.45) is 0.759. The van der Waals surface area contributed by atoms with Crippen LogP contribution in [0.1, 0.15) is 38.3 Å². The Labute approximate surface area is 170 Å². The molecule has 0 aliphatic rings. The lowest BCUT2D eigenvalue weighted by Gasteiger charge is -2.11. The second-order valence-electron chi connectivity index (χ2n) is 7.19. The van der Waals surface area contributed by atoms with Crippen LogP contribution in [0, 0.1) is 20.8 Å². The topological polar surface area (TPSA) is 71.2 Å². The third kappa shape index (κ3) is 5.35. The zero-order chi connectivity index (χ0) is 20.8. The van der Waals surface area contributed by atoms with Gasteiger partial charge in [0.1, 0.15) is 5.75 Å².